The number of hydrogen-bond acceptors (Lipinski definition) is 2. The lowest BCUT2D eigenvalue weighted by molar-refractivity contribution is -0.118. The predicted octanol–water partition coefficient (Wildman–Crippen LogP) is 4.05. The molecule has 0 radical (unpaired) electrons. The molecule has 108 valence electrons. The third-order valence-corrected chi connectivity index (χ3v) is 5.42. The van der Waals surface area contributed by atoms with E-state index >= 15 is 0 Å². The van der Waals surface area contributed by atoms with Gasteiger partial charge in [0.15, 0.2) is 0 Å². The standard InChI is InChI=1S/C17H16ClNOS/c18-14-8-6-13(7-9-14)16(12-4-2-1-3-5-12)21-15-10-11-19-17(15)20/h1-9,15-16H,10-11H2,(H,19,20)/t15-,16-/m0/s1. The summed E-state index contributed by atoms with van der Waals surface area (Å²) < 4.78 is 0. The molecule has 0 aliphatic carbocycles. The summed E-state index contributed by atoms with van der Waals surface area (Å²) in [5.74, 6) is 0.148. The maximum Gasteiger partial charge on any atom is 0.233 e. The number of carbonyl (C=O) groups excluding carboxylic acids is 1. The van der Waals surface area contributed by atoms with Crippen molar-refractivity contribution >= 4 is 29.3 Å². The van der Waals surface area contributed by atoms with Gasteiger partial charge in [-0.15, -0.1) is 11.8 Å². The molecule has 1 aliphatic rings. The first-order chi connectivity index (χ1) is 10.2. The van der Waals surface area contributed by atoms with E-state index in [4.69, 9.17) is 11.6 Å². The third kappa shape index (κ3) is 3.42. The molecule has 1 aliphatic heterocycles. The summed E-state index contributed by atoms with van der Waals surface area (Å²) in [7, 11) is 0. The topological polar surface area (TPSA) is 29.1 Å². The molecule has 3 rings (SSSR count). The van der Waals surface area contributed by atoms with Crippen LogP contribution in [0.3, 0.4) is 0 Å². The fourth-order valence-electron chi connectivity index (χ4n) is 2.48. The first-order valence-electron chi connectivity index (χ1n) is 6.97. The Labute approximate surface area is 133 Å². The fraction of sp³-hybridized carbons (Fsp3) is 0.235. The molecule has 1 amide bonds. The Kier molecular flexibility index (Phi) is 4.51. The van der Waals surface area contributed by atoms with Gasteiger partial charge in [-0.3, -0.25) is 4.79 Å². The second-order valence-corrected chi connectivity index (χ2v) is 6.80. The Morgan fingerprint density at radius 3 is 2.33 bits per heavy atom. The highest BCUT2D eigenvalue weighted by Gasteiger charge is 2.29. The number of rotatable bonds is 4. The molecule has 2 aromatic rings. The van der Waals surface area contributed by atoms with Crippen LogP contribution >= 0.6 is 23.4 Å². The van der Waals surface area contributed by atoms with Crippen LogP contribution in [0.4, 0.5) is 0 Å². The monoisotopic (exact) mass is 317 g/mol. The van der Waals surface area contributed by atoms with Crippen LogP contribution in [0.5, 0.6) is 0 Å². The minimum absolute atomic E-state index is 0.0193. The summed E-state index contributed by atoms with van der Waals surface area (Å²) in [6.45, 7) is 0.776. The number of nitrogens with one attached hydrogen (secondary N) is 1. The van der Waals surface area contributed by atoms with Gasteiger partial charge in [0.2, 0.25) is 5.91 Å². The van der Waals surface area contributed by atoms with E-state index in [1.54, 1.807) is 11.8 Å². The number of hydrogen-bond donors (Lipinski definition) is 1. The summed E-state index contributed by atoms with van der Waals surface area (Å²) in [5, 5.41) is 3.81. The second-order valence-electron chi connectivity index (χ2n) is 5.05. The van der Waals surface area contributed by atoms with Crippen molar-refractivity contribution in [3.8, 4) is 0 Å². The van der Waals surface area contributed by atoms with Gasteiger partial charge in [0.1, 0.15) is 0 Å². The Balaban J connectivity index is 1.91. The first kappa shape index (κ1) is 14.5. The van der Waals surface area contributed by atoms with Crippen molar-refractivity contribution in [2.24, 2.45) is 0 Å². The largest absolute Gasteiger partial charge is 0.355 e. The van der Waals surface area contributed by atoms with Crippen LogP contribution in [0, 0.1) is 0 Å². The summed E-state index contributed by atoms with van der Waals surface area (Å²) in [6.07, 6.45) is 0.889. The Hall–Kier alpha value is -1.45. The van der Waals surface area contributed by atoms with Gasteiger partial charge in [-0.25, -0.2) is 0 Å². The Morgan fingerprint density at radius 1 is 1.05 bits per heavy atom. The molecule has 0 spiro atoms. The maximum absolute atomic E-state index is 11.9. The van der Waals surface area contributed by atoms with Gasteiger partial charge in [-0.05, 0) is 29.7 Å². The highest BCUT2D eigenvalue weighted by Crippen LogP contribution is 2.40. The normalized spacial score (nSPS) is 19.3. The molecular weight excluding hydrogens is 302 g/mol. The van der Waals surface area contributed by atoms with Gasteiger partial charge >= 0.3 is 0 Å². The van der Waals surface area contributed by atoms with Crippen LogP contribution in [0.2, 0.25) is 5.02 Å². The minimum Gasteiger partial charge on any atom is -0.355 e. The maximum atomic E-state index is 11.9. The quantitative estimate of drug-likeness (QED) is 0.921. The molecule has 0 saturated carbocycles. The van der Waals surface area contributed by atoms with Crippen molar-refractivity contribution in [1.29, 1.82) is 0 Å². The Morgan fingerprint density at radius 2 is 1.71 bits per heavy atom. The minimum atomic E-state index is 0.0193. The lowest BCUT2D eigenvalue weighted by Crippen LogP contribution is -2.21. The van der Waals surface area contributed by atoms with Crippen LogP contribution in [-0.2, 0) is 4.79 Å². The molecule has 1 heterocycles. The van der Waals surface area contributed by atoms with Crippen LogP contribution in [0.1, 0.15) is 22.8 Å². The van der Waals surface area contributed by atoms with E-state index in [-0.39, 0.29) is 16.4 Å². The van der Waals surface area contributed by atoms with Crippen molar-refractivity contribution in [1.82, 2.24) is 5.32 Å². The molecule has 0 bridgehead atoms. The molecule has 4 heteroatoms. The summed E-state index contributed by atoms with van der Waals surface area (Å²) in [6, 6.07) is 18.2. The van der Waals surface area contributed by atoms with Crippen LogP contribution < -0.4 is 5.32 Å². The van der Waals surface area contributed by atoms with Crippen LogP contribution in [0.25, 0.3) is 0 Å². The third-order valence-electron chi connectivity index (χ3n) is 3.57. The zero-order valence-corrected chi connectivity index (χ0v) is 13.0. The molecule has 2 nitrogen and oxygen atoms in total. The van der Waals surface area contributed by atoms with Gasteiger partial charge < -0.3 is 5.32 Å². The molecule has 1 fully saturated rings. The summed E-state index contributed by atoms with van der Waals surface area (Å²) in [4.78, 5) is 11.9. The van der Waals surface area contributed by atoms with Crippen molar-refractivity contribution < 1.29 is 4.79 Å². The smallest absolute Gasteiger partial charge is 0.233 e. The van der Waals surface area contributed by atoms with E-state index < -0.39 is 0 Å². The summed E-state index contributed by atoms with van der Waals surface area (Å²) in [5.41, 5.74) is 2.39. The van der Waals surface area contributed by atoms with Crippen molar-refractivity contribution in [2.45, 2.75) is 16.9 Å². The number of thioether (sulfide) groups is 1. The van der Waals surface area contributed by atoms with Gasteiger partial charge in [0.05, 0.1) is 10.5 Å². The fourth-order valence-corrected chi connectivity index (χ4v) is 4.02. The van der Waals surface area contributed by atoms with Gasteiger partial charge in [-0.2, -0.15) is 0 Å². The van der Waals surface area contributed by atoms with Crippen LogP contribution in [0.15, 0.2) is 54.6 Å². The first-order valence-corrected chi connectivity index (χ1v) is 8.30. The van der Waals surface area contributed by atoms with E-state index in [0.29, 0.717) is 0 Å². The van der Waals surface area contributed by atoms with Crippen molar-refractivity contribution in [2.75, 3.05) is 6.54 Å². The zero-order valence-electron chi connectivity index (χ0n) is 11.5. The lowest BCUT2D eigenvalue weighted by atomic mass is 10.0. The van der Waals surface area contributed by atoms with E-state index in [2.05, 4.69) is 17.4 Å². The highest BCUT2D eigenvalue weighted by atomic mass is 35.5. The van der Waals surface area contributed by atoms with Crippen molar-refractivity contribution in [3.05, 3.63) is 70.7 Å². The molecule has 0 aromatic heterocycles. The molecule has 2 atom stereocenters. The number of benzene rings is 2. The lowest BCUT2D eigenvalue weighted by Gasteiger charge is -2.20. The number of halogens is 1. The SMILES string of the molecule is O=C1NCC[C@@H]1S[C@@H](c1ccccc1)c1ccc(Cl)cc1. The second kappa shape index (κ2) is 6.54. The average molecular weight is 318 g/mol. The zero-order chi connectivity index (χ0) is 14.7. The molecular formula is C17H16ClNOS. The van der Waals surface area contributed by atoms with Gasteiger partial charge in [0.25, 0.3) is 0 Å². The van der Waals surface area contributed by atoms with Crippen LogP contribution in [-0.4, -0.2) is 17.7 Å². The van der Waals surface area contributed by atoms with E-state index in [1.807, 2.05) is 42.5 Å². The van der Waals surface area contributed by atoms with Gasteiger partial charge in [-0.1, -0.05) is 54.1 Å². The molecule has 1 N–H and O–H groups in total. The summed E-state index contributed by atoms with van der Waals surface area (Å²) >= 11 is 7.70. The molecule has 0 unspecified atom stereocenters. The average Bonchev–Trinajstić information content (AvgIpc) is 2.92. The number of carbonyl (C=O) groups is 1. The molecule has 2 aromatic carbocycles. The molecule has 1 saturated heterocycles. The van der Waals surface area contributed by atoms with Gasteiger partial charge in [0, 0.05) is 11.6 Å². The van der Waals surface area contributed by atoms with E-state index in [1.165, 1.54) is 11.1 Å². The Bertz CT molecular complexity index is 614. The van der Waals surface area contributed by atoms with E-state index in [9.17, 15) is 4.79 Å². The highest BCUT2D eigenvalue weighted by molar-refractivity contribution is 8.01. The predicted molar refractivity (Wildman–Crippen MR) is 88.7 cm³/mol. The van der Waals surface area contributed by atoms with E-state index in [0.717, 1.165) is 18.0 Å². The van der Waals surface area contributed by atoms with Crippen molar-refractivity contribution in [3.63, 3.8) is 0 Å². The molecule has 21 heavy (non-hydrogen) atoms. The number of amides is 1.